The second kappa shape index (κ2) is 30.6. The van der Waals surface area contributed by atoms with Crippen LogP contribution in [0, 0.1) is 17.8 Å². The molecule has 27 heteroatoms. The summed E-state index contributed by atoms with van der Waals surface area (Å²) in [5.74, 6) is -13.8. The van der Waals surface area contributed by atoms with Crippen LogP contribution < -0.4 is 54.0 Å². The van der Waals surface area contributed by atoms with Gasteiger partial charge in [-0.3, -0.25) is 52.7 Å². The van der Waals surface area contributed by atoms with Gasteiger partial charge in [0.15, 0.2) is 0 Å². The van der Waals surface area contributed by atoms with Crippen molar-refractivity contribution in [3.63, 3.8) is 0 Å². The number of aliphatic carboxylic acids is 2. The monoisotopic (exact) mass is 1010 g/mol. The molecule has 0 bridgehead atoms. The number of primary amides is 1. The maximum absolute atomic E-state index is 14.1. The topological polar surface area (TPSA) is 457 Å². The maximum Gasteiger partial charge on any atom is 0.305 e. The zero-order valence-corrected chi connectivity index (χ0v) is 40.4. The molecule has 0 radical (unpaired) electrons. The Morgan fingerprint density at radius 3 is 1.25 bits per heavy atom. The summed E-state index contributed by atoms with van der Waals surface area (Å²) < 4.78 is 0. The predicted molar refractivity (Wildman–Crippen MR) is 249 cm³/mol. The van der Waals surface area contributed by atoms with Crippen molar-refractivity contribution in [1.82, 2.24) is 42.5 Å². The van der Waals surface area contributed by atoms with Crippen molar-refractivity contribution >= 4 is 65.1 Å². The van der Waals surface area contributed by atoms with Gasteiger partial charge in [0.05, 0.1) is 32.3 Å². The van der Waals surface area contributed by atoms with E-state index in [0.29, 0.717) is 5.56 Å². The third kappa shape index (κ3) is 22.6. The lowest BCUT2D eigenvalue weighted by Crippen LogP contribution is -2.61. The van der Waals surface area contributed by atoms with Gasteiger partial charge in [0.1, 0.15) is 54.1 Å². The van der Waals surface area contributed by atoms with Gasteiger partial charge in [-0.1, -0.05) is 53.7 Å². The third-order valence-corrected chi connectivity index (χ3v) is 10.5. The number of nitrogens with one attached hydrogen (secondary N) is 8. The lowest BCUT2D eigenvalue weighted by molar-refractivity contribution is -0.142. The number of benzene rings is 1. The van der Waals surface area contributed by atoms with Crippen molar-refractivity contribution in [2.75, 3.05) is 19.8 Å². The number of amides is 9. The molecule has 398 valence electrons. The largest absolute Gasteiger partial charge is 0.508 e. The van der Waals surface area contributed by atoms with Crippen LogP contribution in [-0.4, -0.2) is 170 Å². The van der Waals surface area contributed by atoms with Crippen LogP contribution in [-0.2, 0) is 59.2 Å². The number of phenolic OH excluding ortho intramolecular Hbond substituents is 1. The molecule has 1 aromatic rings. The Balaban J connectivity index is 3.46. The van der Waals surface area contributed by atoms with Gasteiger partial charge in [-0.05, 0) is 54.7 Å². The van der Waals surface area contributed by atoms with E-state index < -0.39 is 159 Å². The van der Waals surface area contributed by atoms with Gasteiger partial charge in [0.2, 0.25) is 53.2 Å². The average molecular weight is 1010 g/mol. The van der Waals surface area contributed by atoms with E-state index in [9.17, 15) is 83.4 Å². The summed E-state index contributed by atoms with van der Waals surface area (Å²) in [6.07, 6.45) is -2.79. The van der Waals surface area contributed by atoms with E-state index in [4.69, 9.17) is 11.5 Å². The van der Waals surface area contributed by atoms with E-state index >= 15 is 0 Å². The Morgan fingerprint density at radius 2 is 0.831 bits per heavy atom. The van der Waals surface area contributed by atoms with E-state index in [1.807, 2.05) is 0 Å². The molecule has 9 amide bonds. The number of aromatic hydroxyl groups is 1. The first-order chi connectivity index (χ1) is 33.1. The molecule has 0 aromatic heterocycles. The minimum absolute atomic E-state index is 0.0603. The van der Waals surface area contributed by atoms with Crippen molar-refractivity contribution in [3.8, 4) is 5.75 Å². The number of hydrogen-bond donors (Lipinski definition) is 16. The Labute approximate surface area is 409 Å². The molecule has 71 heavy (non-hydrogen) atoms. The molecule has 1 rings (SSSR count). The smallest absolute Gasteiger partial charge is 0.305 e. The van der Waals surface area contributed by atoms with Crippen LogP contribution in [0.4, 0.5) is 0 Å². The van der Waals surface area contributed by atoms with E-state index in [1.165, 1.54) is 24.3 Å². The highest BCUT2D eigenvalue weighted by molar-refractivity contribution is 5.99. The van der Waals surface area contributed by atoms with Crippen molar-refractivity contribution in [2.45, 2.75) is 134 Å². The Hall–Kier alpha value is -6.97. The lowest BCUT2D eigenvalue weighted by atomic mass is 10.00. The highest BCUT2D eigenvalue weighted by Gasteiger charge is 2.36. The summed E-state index contributed by atoms with van der Waals surface area (Å²) in [4.78, 5) is 142. The van der Waals surface area contributed by atoms with Gasteiger partial charge in [-0.15, -0.1) is 0 Å². The summed E-state index contributed by atoms with van der Waals surface area (Å²) in [6, 6.07) is -9.04. The standard InChI is InChI=1S/C44H70N10O17/c1-20(2)13-26(36(46)63)48-40(67)29(16-34(61)62)51-42(69)30(17-55)52-37(64)25(11-12-33(59)60)47-38(65)27(14-21(3)4)49-39(66)28(15-23-7-9-24(58)10-8-23)50-41(68)31(18-56)53-43(70)32(19-57)54-44(71)35(45)22(5)6/h7-10,20-22,25-32,35,55-58H,11-19,45H2,1-6H3,(H2,46,63)(H,47,65)(H,48,67)(H,49,66)(H,50,68)(H,51,69)(H,52,64)(H,53,70)(H,54,71)(H,59,60)(H,61,62)/t25-,26-,27-,28-,29-,30-,31-,32-,35-/m0/s1. The third-order valence-electron chi connectivity index (χ3n) is 10.5. The summed E-state index contributed by atoms with van der Waals surface area (Å²) in [5.41, 5.74) is 11.5. The fourth-order valence-corrected chi connectivity index (χ4v) is 6.48. The van der Waals surface area contributed by atoms with E-state index in [2.05, 4.69) is 42.5 Å². The van der Waals surface area contributed by atoms with Crippen LogP contribution in [0.2, 0.25) is 0 Å². The normalized spacial score (nSPS) is 15.0. The summed E-state index contributed by atoms with van der Waals surface area (Å²) >= 11 is 0. The molecule has 0 aliphatic heterocycles. The molecule has 1 aromatic carbocycles. The number of carboxylic acids is 2. The fraction of sp³-hybridized carbons (Fsp3) is 0.614. The van der Waals surface area contributed by atoms with Crippen molar-refractivity contribution in [1.29, 1.82) is 0 Å². The zero-order valence-electron chi connectivity index (χ0n) is 40.4. The van der Waals surface area contributed by atoms with Crippen LogP contribution in [0.25, 0.3) is 0 Å². The number of phenols is 1. The molecule has 9 atom stereocenters. The Kier molecular flexibility index (Phi) is 26.7. The van der Waals surface area contributed by atoms with Gasteiger partial charge in [0, 0.05) is 12.8 Å². The fourth-order valence-electron chi connectivity index (χ4n) is 6.48. The van der Waals surface area contributed by atoms with Crippen molar-refractivity contribution in [3.05, 3.63) is 29.8 Å². The first-order valence-electron chi connectivity index (χ1n) is 22.7. The van der Waals surface area contributed by atoms with Gasteiger partial charge in [0.25, 0.3) is 0 Å². The molecule has 18 N–H and O–H groups in total. The zero-order chi connectivity index (χ0) is 54.3. The number of hydrogen-bond acceptors (Lipinski definition) is 16. The quantitative estimate of drug-likeness (QED) is 0.0320. The molecular weight excluding hydrogens is 941 g/mol. The Bertz CT molecular complexity index is 2020. The number of nitrogens with two attached hydrogens (primary N) is 2. The molecule has 0 aliphatic rings. The SMILES string of the molecule is CC(C)C[C@H](NC(=O)[C@H](CC(=O)O)NC(=O)[C@H](CO)NC(=O)[C@H](CCC(=O)O)NC(=O)[C@H](CC(C)C)NC(=O)[C@H](Cc1ccc(O)cc1)NC(=O)[C@H](CO)NC(=O)[C@H](CO)NC(=O)[C@@H](N)C(C)C)C(N)=O. The summed E-state index contributed by atoms with van der Waals surface area (Å²) in [6.45, 7) is 6.88. The maximum atomic E-state index is 14.1. The molecule has 0 saturated heterocycles. The van der Waals surface area contributed by atoms with E-state index in [1.54, 1.807) is 41.5 Å². The second-order valence-electron chi connectivity index (χ2n) is 17.9. The molecule has 27 nitrogen and oxygen atoms in total. The average Bonchev–Trinajstić information content (AvgIpc) is 3.28. The van der Waals surface area contributed by atoms with Gasteiger partial charge >= 0.3 is 11.9 Å². The minimum Gasteiger partial charge on any atom is -0.508 e. The number of rotatable bonds is 32. The van der Waals surface area contributed by atoms with Crippen LogP contribution in [0.15, 0.2) is 24.3 Å². The van der Waals surface area contributed by atoms with Gasteiger partial charge in [-0.2, -0.15) is 0 Å². The second-order valence-corrected chi connectivity index (χ2v) is 17.9. The van der Waals surface area contributed by atoms with Crippen molar-refractivity contribution < 1.29 is 83.4 Å². The van der Waals surface area contributed by atoms with Crippen LogP contribution >= 0.6 is 0 Å². The van der Waals surface area contributed by atoms with Crippen LogP contribution in [0.5, 0.6) is 5.75 Å². The van der Waals surface area contributed by atoms with E-state index in [-0.39, 0.29) is 42.8 Å². The van der Waals surface area contributed by atoms with E-state index in [0.717, 1.165) is 0 Å². The molecule has 0 spiro atoms. The number of aliphatic hydroxyl groups is 3. The van der Waals surface area contributed by atoms with Crippen LogP contribution in [0.3, 0.4) is 0 Å². The predicted octanol–water partition coefficient (Wildman–Crippen LogP) is -5.31. The molecular formula is C44H70N10O17. The summed E-state index contributed by atoms with van der Waals surface area (Å²) in [5, 5.41) is 76.9. The minimum atomic E-state index is -1.93. The molecule has 0 heterocycles. The summed E-state index contributed by atoms with van der Waals surface area (Å²) in [7, 11) is 0. The number of carboxylic acid groups (broad SMARTS) is 2. The number of carbonyl (C=O) groups excluding carboxylic acids is 9. The highest BCUT2D eigenvalue weighted by Crippen LogP contribution is 2.14. The highest BCUT2D eigenvalue weighted by atomic mass is 16.4. The number of carbonyl (C=O) groups is 11. The molecule has 0 unspecified atom stereocenters. The lowest BCUT2D eigenvalue weighted by Gasteiger charge is -2.28. The Morgan fingerprint density at radius 1 is 0.479 bits per heavy atom. The molecule has 0 aliphatic carbocycles. The van der Waals surface area contributed by atoms with Crippen molar-refractivity contribution in [2.24, 2.45) is 29.2 Å². The van der Waals surface area contributed by atoms with Gasteiger partial charge in [-0.25, -0.2) is 0 Å². The molecule has 0 saturated carbocycles. The first kappa shape index (κ1) is 62.0. The molecule has 0 fully saturated rings. The van der Waals surface area contributed by atoms with Crippen LogP contribution in [0.1, 0.15) is 79.2 Å². The number of aliphatic hydroxyl groups excluding tert-OH is 3. The first-order valence-corrected chi connectivity index (χ1v) is 22.7. The van der Waals surface area contributed by atoms with Gasteiger partial charge < -0.3 is 84.6 Å².